The normalized spacial score (nSPS) is 23.5. The van der Waals surface area contributed by atoms with Crippen molar-refractivity contribution in [3.05, 3.63) is 29.3 Å². The van der Waals surface area contributed by atoms with Crippen molar-refractivity contribution >= 4 is 47.1 Å². The topological polar surface area (TPSA) is 144 Å². The van der Waals surface area contributed by atoms with E-state index in [2.05, 4.69) is 0 Å². The van der Waals surface area contributed by atoms with E-state index >= 15 is 0 Å². The van der Waals surface area contributed by atoms with Gasteiger partial charge in [-0.1, -0.05) is 11.6 Å². The third-order valence-corrected chi connectivity index (χ3v) is 4.76. The molecule has 0 aliphatic carbocycles. The van der Waals surface area contributed by atoms with Crippen molar-refractivity contribution in [3.8, 4) is 0 Å². The Morgan fingerprint density at radius 3 is 1.80 bits per heavy atom. The van der Waals surface area contributed by atoms with Crippen LogP contribution in [0.1, 0.15) is 34.6 Å². The van der Waals surface area contributed by atoms with Crippen molar-refractivity contribution in [1.29, 1.82) is 0 Å². The number of hydrogen-bond acceptors (Lipinski definition) is 11. The lowest BCUT2D eigenvalue weighted by molar-refractivity contribution is -0.309. The first kappa shape index (κ1) is 28.0. The van der Waals surface area contributed by atoms with Gasteiger partial charge in [0.25, 0.3) is 0 Å². The summed E-state index contributed by atoms with van der Waals surface area (Å²) >= 11 is 5.92. The first-order valence-corrected chi connectivity index (χ1v) is 10.8. The third-order valence-electron chi connectivity index (χ3n) is 4.50. The minimum Gasteiger partial charge on any atom is -0.463 e. The van der Waals surface area contributed by atoms with E-state index in [0.717, 1.165) is 32.8 Å². The van der Waals surface area contributed by atoms with Crippen LogP contribution in [0.25, 0.3) is 0 Å². The fourth-order valence-electron chi connectivity index (χ4n) is 3.27. The van der Waals surface area contributed by atoms with E-state index in [1.165, 1.54) is 31.2 Å². The van der Waals surface area contributed by atoms with Crippen LogP contribution >= 0.6 is 11.6 Å². The molecule has 1 aliphatic rings. The molecule has 192 valence electrons. The molecule has 0 unspecified atom stereocenters. The highest BCUT2D eigenvalue weighted by atomic mass is 35.5. The van der Waals surface area contributed by atoms with Gasteiger partial charge in [-0.15, -0.1) is 0 Å². The van der Waals surface area contributed by atoms with Gasteiger partial charge in [-0.05, 0) is 24.3 Å². The molecule has 1 aliphatic heterocycles. The molecule has 0 radical (unpaired) electrons. The second-order valence-electron chi connectivity index (χ2n) is 7.46. The Morgan fingerprint density at radius 2 is 1.31 bits per heavy atom. The highest BCUT2D eigenvalue weighted by Crippen LogP contribution is 2.31. The molecule has 5 atom stereocenters. The molecule has 1 aromatic rings. The molecular formula is C22H26ClNO11. The highest BCUT2D eigenvalue weighted by Gasteiger charge is 2.53. The predicted octanol–water partition coefficient (Wildman–Crippen LogP) is 1.71. The summed E-state index contributed by atoms with van der Waals surface area (Å²) in [5, 5.41) is 1.27. The number of carbonyl (C=O) groups excluding carboxylic acids is 5. The van der Waals surface area contributed by atoms with E-state index in [-0.39, 0.29) is 5.69 Å². The van der Waals surface area contributed by atoms with Gasteiger partial charge in [0.1, 0.15) is 12.7 Å². The van der Waals surface area contributed by atoms with Gasteiger partial charge in [-0.3, -0.25) is 24.0 Å². The first-order valence-electron chi connectivity index (χ1n) is 10.4. The zero-order valence-electron chi connectivity index (χ0n) is 19.7. The first-order chi connectivity index (χ1) is 16.4. The average molecular weight is 516 g/mol. The molecule has 0 aromatic heterocycles. The number of esters is 4. The van der Waals surface area contributed by atoms with Gasteiger partial charge in [-0.25, -0.2) is 4.84 Å². The van der Waals surface area contributed by atoms with Crippen molar-refractivity contribution < 1.29 is 52.5 Å². The fraction of sp³-hybridized carbons (Fsp3) is 0.500. The molecule has 2 rings (SSSR count). The van der Waals surface area contributed by atoms with Crippen LogP contribution in [0, 0.1) is 0 Å². The van der Waals surface area contributed by atoms with E-state index in [0.29, 0.717) is 5.02 Å². The van der Waals surface area contributed by atoms with Gasteiger partial charge >= 0.3 is 23.9 Å². The van der Waals surface area contributed by atoms with Crippen molar-refractivity contribution in [1.82, 2.24) is 0 Å². The lowest BCUT2D eigenvalue weighted by atomic mass is 9.98. The second kappa shape index (κ2) is 12.5. The summed E-state index contributed by atoms with van der Waals surface area (Å²) < 4.78 is 26.8. The predicted molar refractivity (Wildman–Crippen MR) is 118 cm³/mol. The molecule has 35 heavy (non-hydrogen) atoms. The molecule has 1 aromatic carbocycles. The van der Waals surface area contributed by atoms with E-state index in [1.807, 2.05) is 0 Å². The fourth-order valence-corrected chi connectivity index (χ4v) is 3.40. The van der Waals surface area contributed by atoms with Crippen molar-refractivity contribution in [2.24, 2.45) is 0 Å². The number of rotatable bonds is 8. The van der Waals surface area contributed by atoms with Crippen LogP contribution < -0.4 is 5.06 Å². The minimum atomic E-state index is -1.56. The summed E-state index contributed by atoms with van der Waals surface area (Å²) in [5.41, 5.74) is 0.259. The van der Waals surface area contributed by atoms with Gasteiger partial charge in [0.15, 0.2) is 18.3 Å². The van der Waals surface area contributed by atoms with Crippen molar-refractivity contribution in [2.75, 3.05) is 11.7 Å². The maximum atomic E-state index is 12.4. The van der Waals surface area contributed by atoms with Crippen LogP contribution in [0.2, 0.25) is 5.02 Å². The van der Waals surface area contributed by atoms with Crippen LogP contribution in [-0.4, -0.2) is 67.1 Å². The van der Waals surface area contributed by atoms with Crippen molar-refractivity contribution in [3.63, 3.8) is 0 Å². The van der Waals surface area contributed by atoms with Crippen LogP contribution in [0.15, 0.2) is 24.3 Å². The average Bonchev–Trinajstić information content (AvgIpc) is 2.74. The number of hydrogen-bond donors (Lipinski definition) is 0. The molecule has 13 heteroatoms. The Labute approximate surface area is 206 Å². The van der Waals surface area contributed by atoms with Crippen LogP contribution in [0.5, 0.6) is 0 Å². The number of nitrogens with zero attached hydrogens (tertiary/aromatic N) is 1. The minimum absolute atomic E-state index is 0.259. The SMILES string of the molecule is CC(=O)OC[C@H]1O[C@@H](ON(C(C)=O)c2ccc(Cl)cc2)[C@H](OC(C)=O)[C@@H](OC(C)=O)[C@@H]1OC(C)=O. The van der Waals surface area contributed by atoms with Crippen molar-refractivity contribution in [2.45, 2.75) is 65.3 Å². The summed E-state index contributed by atoms with van der Waals surface area (Å²) in [4.78, 5) is 65.1. The van der Waals surface area contributed by atoms with E-state index in [9.17, 15) is 24.0 Å². The second-order valence-corrected chi connectivity index (χ2v) is 7.90. The quantitative estimate of drug-likeness (QED) is 0.283. The number of halogens is 1. The molecule has 1 heterocycles. The van der Waals surface area contributed by atoms with Crippen LogP contribution in [-0.2, 0) is 52.5 Å². The van der Waals surface area contributed by atoms with Crippen LogP contribution in [0.3, 0.4) is 0 Å². The van der Waals surface area contributed by atoms with Gasteiger partial charge in [0.05, 0.1) is 5.69 Å². The summed E-state index contributed by atoms with van der Waals surface area (Å²) in [5.74, 6) is -3.61. The smallest absolute Gasteiger partial charge is 0.303 e. The summed E-state index contributed by atoms with van der Waals surface area (Å²) in [6, 6.07) is 6.02. The highest BCUT2D eigenvalue weighted by molar-refractivity contribution is 6.30. The number of hydroxylamine groups is 1. The molecule has 1 saturated heterocycles. The van der Waals surface area contributed by atoms with E-state index in [4.69, 9.17) is 40.1 Å². The van der Waals surface area contributed by atoms with Crippen LogP contribution in [0.4, 0.5) is 5.69 Å². The Bertz CT molecular complexity index is 951. The Kier molecular flexibility index (Phi) is 9.99. The number of benzene rings is 1. The van der Waals surface area contributed by atoms with Gasteiger partial charge in [-0.2, -0.15) is 5.06 Å². The van der Waals surface area contributed by atoms with Gasteiger partial charge < -0.3 is 23.7 Å². The Balaban J connectivity index is 2.51. The molecular weight excluding hydrogens is 490 g/mol. The molecule has 0 saturated carbocycles. The Morgan fingerprint density at radius 1 is 0.800 bits per heavy atom. The third kappa shape index (κ3) is 8.19. The molecule has 12 nitrogen and oxygen atoms in total. The molecule has 1 amide bonds. The van der Waals surface area contributed by atoms with E-state index in [1.54, 1.807) is 0 Å². The largest absolute Gasteiger partial charge is 0.463 e. The Hall–Kier alpha value is -3.22. The zero-order chi connectivity index (χ0) is 26.3. The number of anilines is 1. The zero-order valence-corrected chi connectivity index (χ0v) is 20.5. The molecule has 0 bridgehead atoms. The maximum Gasteiger partial charge on any atom is 0.303 e. The molecule has 1 fully saturated rings. The maximum absolute atomic E-state index is 12.4. The lowest BCUT2D eigenvalue weighted by Gasteiger charge is -2.44. The summed E-state index contributed by atoms with van der Waals surface area (Å²) in [7, 11) is 0. The standard InChI is InChI=1S/C22H26ClNO11/c1-11(25)24(17-8-6-16(23)7-9-17)35-22-21(33-15(5)29)20(32-14(4)28)19(31-13(3)27)18(34-22)10-30-12(2)26/h6-9,18-22H,10H2,1-5H3/t18-,19-,20+,21-,22+/m1/s1. The van der Waals surface area contributed by atoms with E-state index < -0.39 is 67.1 Å². The van der Waals surface area contributed by atoms with Gasteiger partial charge in [0, 0.05) is 39.6 Å². The lowest BCUT2D eigenvalue weighted by Crippen LogP contribution is -2.64. The monoisotopic (exact) mass is 515 g/mol. The number of carbonyl (C=O) groups is 5. The number of amides is 1. The molecule has 0 N–H and O–H groups in total. The molecule has 0 spiro atoms. The number of ether oxygens (including phenoxy) is 5. The summed E-state index contributed by atoms with van der Waals surface area (Å²) in [6.45, 7) is 5.22. The van der Waals surface area contributed by atoms with Gasteiger partial charge in [0.2, 0.25) is 12.2 Å². The summed E-state index contributed by atoms with van der Waals surface area (Å²) in [6.07, 6.45) is -7.04.